The molecule has 16 atom stereocenters. The Morgan fingerprint density at radius 3 is 2.39 bits per heavy atom. The molecular formula is C44H80N6O6. The van der Waals surface area contributed by atoms with Crippen molar-refractivity contribution >= 4 is 11.8 Å². The smallest absolute Gasteiger partial charge is 0.240 e. The van der Waals surface area contributed by atoms with Gasteiger partial charge in [0.1, 0.15) is 12.1 Å². The number of fused-ring (bicyclic) bond motifs is 2. The fourth-order valence-electron chi connectivity index (χ4n) is 12.8. The van der Waals surface area contributed by atoms with Gasteiger partial charge in [0.25, 0.3) is 0 Å². The van der Waals surface area contributed by atoms with Crippen LogP contribution in [-0.2, 0) is 19.2 Å². The lowest BCUT2D eigenvalue weighted by Crippen LogP contribution is -2.62. The van der Waals surface area contributed by atoms with E-state index >= 15 is 0 Å². The Morgan fingerprint density at radius 1 is 1.02 bits per heavy atom. The molecule has 7 rings (SSSR count). The first kappa shape index (κ1) is 44.2. The first-order chi connectivity index (χ1) is 26.6. The van der Waals surface area contributed by atoms with Gasteiger partial charge in [-0.2, -0.15) is 5.06 Å². The van der Waals surface area contributed by atoms with Gasteiger partial charge in [-0.3, -0.25) is 14.4 Å². The third-order valence-corrected chi connectivity index (χ3v) is 16.1. The summed E-state index contributed by atoms with van der Waals surface area (Å²) >= 11 is 0. The van der Waals surface area contributed by atoms with Crippen LogP contribution in [0.5, 0.6) is 0 Å². The van der Waals surface area contributed by atoms with Gasteiger partial charge in [0.15, 0.2) is 0 Å². The summed E-state index contributed by atoms with van der Waals surface area (Å²) < 4.78 is 6.45. The molecule has 0 aromatic heterocycles. The van der Waals surface area contributed by atoms with Crippen LogP contribution >= 0.6 is 0 Å². The van der Waals surface area contributed by atoms with Gasteiger partial charge in [0.2, 0.25) is 11.8 Å². The molecule has 5 saturated carbocycles. The fourth-order valence-corrected chi connectivity index (χ4v) is 12.8. The van der Waals surface area contributed by atoms with Gasteiger partial charge in [-0.05, 0) is 141 Å². The molecule has 2 bridgehead atoms. The molecule has 322 valence electrons. The van der Waals surface area contributed by atoms with E-state index in [4.69, 9.17) is 9.57 Å². The number of rotatable bonds is 15. The summed E-state index contributed by atoms with van der Waals surface area (Å²) in [6.45, 7) is 10.8. The van der Waals surface area contributed by atoms with Crippen molar-refractivity contribution < 1.29 is 29.4 Å². The van der Waals surface area contributed by atoms with E-state index in [2.05, 4.69) is 74.7 Å². The van der Waals surface area contributed by atoms with Gasteiger partial charge < -0.3 is 40.7 Å². The number of aliphatic hydroxyl groups is 2. The molecule has 7 aliphatic rings. The third kappa shape index (κ3) is 9.64. The number of hydrogen-bond donors (Lipinski definition) is 5. The van der Waals surface area contributed by atoms with Crippen molar-refractivity contribution in [2.24, 2.45) is 52.8 Å². The Hall–Kier alpha value is -1.38. The van der Waals surface area contributed by atoms with E-state index in [9.17, 15) is 19.8 Å². The molecule has 2 amide bonds. The quantitative estimate of drug-likeness (QED) is 0.168. The molecule has 0 aromatic carbocycles. The summed E-state index contributed by atoms with van der Waals surface area (Å²) in [6.07, 6.45) is 11.0. The number of hydroxylamine groups is 2. The second-order valence-corrected chi connectivity index (χ2v) is 20.4. The topological polar surface area (TPSA) is 139 Å². The highest BCUT2D eigenvalue weighted by atomic mass is 16.7. The minimum absolute atomic E-state index is 0.0598. The van der Waals surface area contributed by atoms with Crippen molar-refractivity contribution in [3.05, 3.63) is 0 Å². The second kappa shape index (κ2) is 18.9. The van der Waals surface area contributed by atoms with Crippen LogP contribution in [0, 0.1) is 52.8 Å². The van der Waals surface area contributed by atoms with Gasteiger partial charge in [-0.15, -0.1) is 0 Å². The van der Waals surface area contributed by atoms with Crippen LogP contribution in [0.2, 0.25) is 0 Å². The van der Waals surface area contributed by atoms with E-state index in [0.29, 0.717) is 47.7 Å². The van der Waals surface area contributed by atoms with Crippen LogP contribution in [0.15, 0.2) is 0 Å². The zero-order valence-electron chi connectivity index (χ0n) is 36.4. The van der Waals surface area contributed by atoms with E-state index < -0.39 is 24.2 Å². The zero-order valence-corrected chi connectivity index (χ0v) is 36.4. The maximum Gasteiger partial charge on any atom is 0.240 e. The fraction of sp³-hybridized carbons (Fsp3) is 0.955. The second-order valence-electron chi connectivity index (χ2n) is 20.4. The lowest BCUT2D eigenvalue weighted by molar-refractivity contribution is -0.193. The number of nitrogens with zero attached hydrogens (tertiary/aromatic N) is 3. The normalized spacial score (nSPS) is 41.2. The van der Waals surface area contributed by atoms with Gasteiger partial charge in [0.05, 0.1) is 18.8 Å². The summed E-state index contributed by atoms with van der Waals surface area (Å²) in [5.74, 6) is 1.76. The minimum Gasteiger partial charge on any atom is -0.394 e. The largest absolute Gasteiger partial charge is 0.394 e. The number of aliphatic hydroxyl groups excluding tert-OH is 2. The van der Waals surface area contributed by atoms with Crippen LogP contribution < -0.4 is 16.0 Å². The van der Waals surface area contributed by atoms with Crippen LogP contribution in [0.3, 0.4) is 0 Å². The third-order valence-electron chi connectivity index (χ3n) is 16.1. The highest BCUT2D eigenvalue weighted by Crippen LogP contribution is 2.61. The first-order valence-corrected chi connectivity index (χ1v) is 22.5. The maximum atomic E-state index is 14.4. The van der Waals surface area contributed by atoms with Crippen molar-refractivity contribution in [1.82, 2.24) is 30.8 Å². The molecule has 9 unspecified atom stereocenters. The number of nitrogens with one attached hydrogen (secondary N) is 3. The highest BCUT2D eigenvalue weighted by Gasteiger charge is 2.58. The average Bonchev–Trinajstić information content (AvgIpc) is 3.53. The predicted molar refractivity (Wildman–Crippen MR) is 219 cm³/mol. The van der Waals surface area contributed by atoms with Crippen molar-refractivity contribution in [3.63, 3.8) is 0 Å². The maximum absolute atomic E-state index is 14.4. The Labute approximate surface area is 338 Å². The van der Waals surface area contributed by atoms with Gasteiger partial charge >= 0.3 is 0 Å². The van der Waals surface area contributed by atoms with Crippen molar-refractivity contribution in [3.8, 4) is 0 Å². The van der Waals surface area contributed by atoms with Gasteiger partial charge in [0, 0.05) is 62.1 Å². The minimum atomic E-state index is -0.828. The Kier molecular flexibility index (Phi) is 14.9. The van der Waals surface area contributed by atoms with Crippen LogP contribution in [-0.4, -0.2) is 147 Å². The van der Waals surface area contributed by atoms with Gasteiger partial charge in [-0.25, -0.2) is 0 Å². The molecule has 0 radical (unpaired) electrons. The molecule has 7 fully saturated rings. The number of ether oxygens (including phenoxy) is 1. The monoisotopic (exact) mass is 789 g/mol. The molecule has 5 N–H and O–H groups in total. The van der Waals surface area contributed by atoms with Crippen LogP contribution in [0.25, 0.3) is 0 Å². The molecule has 2 saturated heterocycles. The lowest BCUT2D eigenvalue weighted by atomic mass is 9.45. The molecule has 2 aliphatic heterocycles. The average molecular weight is 789 g/mol. The van der Waals surface area contributed by atoms with Crippen molar-refractivity contribution in [1.29, 1.82) is 0 Å². The van der Waals surface area contributed by atoms with E-state index in [-0.39, 0.29) is 54.4 Å². The number of carbonyl (C=O) groups is 2. The summed E-state index contributed by atoms with van der Waals surface area (Å²) in [7, 11) is 10.3. The Balaban J connectivity index is 1.15. The molecule has 12 heteroatoms. The highest BCUT2D eigenvalue weighted by molar-refractivity contribution is 5.83. The molecule has 12 nitrogen and oxygen atoms in total. The molecule has 2 heterocycles. The van der Waals surface area contributed by atoms with E-state index in [1.807, 2.05) is 7.11 Å². The first-order valence-electron chi connectivity index (χ1n) is 22.5. The SMILES string of the molecule is COC1C(CN2O[C@@H](CO)C(C(C)O)[C@H]2C(=O)N[C@H]2C[C@H]3C[C@@H]([C@@H]2C)C3(C)C)CCCC1C1CC(C(=O)N[C@@H](CC2CCCCN2)CN(C)C)CC(N(C)C)C1. The lowest BCUT2D eigenvalue weighted by Gasteiger charge is -2.62. The number of methoxy groups -OCH3 is 1. The van der Waals surface area contributed by atoms with E-state index in [1.54, 1.807) is 12.0 Å². The van der Waals surface area contributed by atoms with Crippen LogP contribution in [0.1, 0.15) is 105 Å². The summed E-state index contributed by atoms with van der Waals surface area (Å²) in [5.41, 5.74) is 0.315. The van der Waals surface area contributed by atoms with Gasteiger partial charge in [-0.1, -0.05) is 33.6 Å². The van der Waals surface area contributed by atoms with Crippen molar-refractivity contribution in [2.75, 3.05) is 61.5 Å². The molecule has 5 aliphatic carbocycles. The number of piperidine rings is 1. The molecule has 0 spiro atoms. The Morgan fingerprint density at radius 2 is 1.79 bits per heavy atom. The predicted octanol–water partition coefficient (Wildman–Crippen LogP) is 3.50. The number of amides is 2. The van der Waals surface area contributed by atoms with E-state index in [0.717, 1.165) is 64.5 Å². The zero-order chi connectivity index (χ0) is 40.5. The van der Waals surface area contributed by atoms with E-state index in [1.165, 1.54) is 25.7 Å². The number of hydrogen-bond acceptors (Lipinski definition) is 10. The molecular weight excluding hydrogens is 709 g/mol. The summed E-state index contributed by atoms with van der Waals surface area (Å²) in [4.78, 5) is 39.5. The summed E-state index contributed by atoms with van der Waals surface area (Å²) in [6, 6.07) is 0.253. The molecule has 0 aromatic rings. The summed E-state index contributed by atoms with van der Waals surface area (Å²) in [5, 5.41) is 33.9. The van der Waals surface area contributed by atoms with Crippen LogP contribution in [0.4, 0.5) is 0 Å². The number of likely N-dealkylation sites (N-methyl/N-ethyl adjacent to an activating group) is 1. The Bertz CT molecular complexity index is 1290. The standard InChI is InChI=1S/C44H80N6O6/c1-26-36-20-31(44(36,3)4)21-37(26)47-43(54)40-39(27(2)52)38(25-51)56-50(40)23-28-13-12-15-35(41(28)55-9)29-17-30(19-34(18-29)49(7)8)42(53)46-33(24-48(5)6)22-32-14-10-11-16-45-32/h26-41,45,51-52H,10-25H2,1-9H3,(H,46,53)(H,47,54)/t26-,27?,28?,29?,30?,31+,32?,33-,34?,35?,36-,37-,38-,39?,40-,41?/m0/s1. The molecule has 56 heavy (non-hydrogen) atoms. The number of carbonyl (C=O) groups excluding carboxylic acids is 2. The van der Waals surface area contributed by atoms with Crippen molar-refractivity contribution in [2.45, 2.75) is 153 Å².